The Labute approximate surface area is 172 Å². The van der Waals surface area contributed by atoms with Crippen LogP contribution in [0.2, 0.25) is 5.02 Å². The summed E-state index contributed by atoms with van der Waals surface area (Å²) in [6.07, 6.45) is -8.89. The molecule has 1 fully saturated rings. The fraction of sp³-hybridized carbons (Fsp3) is 0.368. The molecule has 0 unspecified atom stereocenters. The smallest absolute Gasteiger partial charge is 0.379 e. The minimum Gasteiger partial charge on any atom is -0.379 e. The topological polar surface area (TPSA) is 49.2 Å². The van der Waals surface area contributed by atoms with Crippen LogP contribution in [-0.4, -0.2) is 36.2 Å². The maximum absolute atomic E-state index is 13.3. The number of hydrogen-bond acceptors (Lipinski definition) is 4. The molecule has 3 rings (SSSR count). The summed E-state index contributed by atoms with van der Waals surface area (Å²) >= 11 is 6.10. The quantitative estimate of drug-likeness (QED) is 0.627. The number of rotatable bonds is 3. The van der Waals surface area contributed by atoms with Crippen molar-refractivity contribution in [1.29, 1.82) is 5.26 Å². The molecule has 2 heterocycles. The molecule has 0 saturated carbocycles. The van der Waals surface area contributed by atoms with Crippen LogP contribution in [0.4, 0.5) is 26.3 Å². The molecule has 1 aromatic heterocycles. The number of benzene rings is 1. The third kappa shape index (κ3) is 4.10. The van der Waals surface area contributed by atoms with E-state index in [2.05, 4.69) is 4.98 Å². The average molecular weight is 450 g/mol. The number of nitriles is 1. The first-order valence-electron chi connectivity index (χ1n) is 8.65. The van der Waals surface area contributed by atoms with E-state index in [0.29, 0.717) is 12.3 Å². The molecule has 2 aromatic rings. The lowest BCUT2D eigenvalue weighted by atomic mass is 9.84. The zero-order valence-electron chi connectivity index (χ0n) is 15.2. The maximum Gasteiger partial charge on any atom is 0.417 e. The molecular formula is C19H14ClF6N3O. The molecule has 0 radical (unpaired) electrons. The number of hydrogen-bond donors (Lipinski definition) is 0. The first-order chi connectivity index (χ1) is 14.0. The lowest BCUT2D eigenvalue weighted by molar-refractivity contribution is -0.138. The number of nitrogens with zero attached hydrogens (tertiary/aromatic N) is 3. The van der Waals surface area contributed by atoms with E-state index in [0.717, 1.165) is 18.2 Å². The number of aromatic nitrogens is 1. The first kappa shape index (κ1) is 22.3. The van der Waals surface area contributed by atoms with Gasteiger partial charge in [0.2, 0.25) is 0 Å². The molecule has 1 aliphatic rings. The van der Waals surface area contributed by atoms with Gasteiger partial charge in [-0.05, 0) is 23.8 Å². The van der Waals surface area contributed by atoms with Crippen LogP contribution in [0.5, 0.6) is 0 Å². The van der Waals surface area contributed by atoms with Crippen LogP contribution >= 0.6 is 11.6 Å². The van der Waals surface area contributed by atoms with Crippen molar-refractivity contribution in [3.8, 4) is 6.07 Å². The predicted octanol–water partition coefficient (Wildman–Crippen LogP) is 4.87. The van der Waals surface area contributed by atoms with Gasteiger partial charge in [0.25, 0.3) is 0 Å². The van der Waals surface area contributed by atoms with Gasteiger partial charge >= 0.3 is 12.4 Å². The van der Waals surface area contributed by atoms with E-state index in [1.54, 1.807) is 0 Å². The minimum absolute atomic E-state index is 0.101. The minimum atomic E-state index is -4.72. The lowest BCUT2D eigenvalue weighted by Gasteiger charge is -2.41. The van der Waals surface area contributed by atoms with Crippen LogP contribution in [-0.2, 0) is 22.6 Å². The number of morpholine rings is 1. The van der Waals surface area contributed by atoms with Crippen LogP contribution in [0.1, 0.15) is 22.4 Å². The van der Waals surface area contributed by atoms with Gasteiger partial charge < -0.3 is 4.74 Å². The fourth-order valence-corrected chi connectivity index (χ4v) is 3.64. The predicted molar refractivity (Wildman–Crippen MR) is 94.5 cm³/mol. The van der Waals surface area contributed by atoms with E-state index in [1.165, 1.54) is 11.0 Å². The largest absolute Gasteiger partial charge is 0.417 e. The van der Waals surface area contributed by atoms with Crippen molar-refractivity contribution in [2.75, 3.05) is 26.3 Å². The highest BCUT2D eigenvalue weighted by atomic mass is 35.5. The molecule has 0 amide bonds. The van der Waals surface area contributed by atoms with Crippen LogP contribution in [0.25, 0.3) is 0 Å². The zero-order valence-corrected chi connectivity index (χ0v) is 15.9. The summed E-state index contributed by atoms with van der Waals surface area (Å²) in [7, 11) is 0. The van der Waals surface area contributed by atoms with Gasteiger partial charge in [-0.15, -0.1) is 0 Å². The van der Waals surface area contributed by atoms with E-state index in [-0.39, 0.29) is 37.6 Å². The Hall–Kier alpha value is -2.35. The van der Waals surface area contributed by atoms with Gasteiger partial charge in [-0.25, -0.2) is 0 Å². The highest BCUT2D eigenvalue weighted by Crippen LogP contribution is 2.42. The van der Waals surface area contributed by atoms with Gasteiger partial charge in [-0.3, -0.25) is 9.88 Å². The van der Waals surface area contributed by atoms with Gasteiger partial charge in [0.1, 0.15) is 0 Å². The molecule has 11 heteroatoms. The summed E-state index contributed by atoms with van der Waals surface area (Å²) in [4.78, 5) is 5.30. The number of ether oxygens (including phenoxy) is 1. The highest BCUT2D eigenvalue weighted by molar-refractivity contribution is 6.31. The third-order valence-electron chi connectivity index (χ3n) is 4.77. The molecule has 0 spiro atoms. The van der Waals surface area contributed by atoms with Gasteiger partial charge in [0.05, 0.1) is 41.1 Å². The highest BCUT2D eigenvalue weighted by Gasteiger charge is 2.46. The number of alkyl halides is 6. The second-order valence-corrected chi connectivity index (χ2v) is 6.96. The second-order valence-electron chi connectivity index (χ2n) is 6.55. The summed E-state index contributed by atoms with van der Waals surface area (Å²) in [5, 5.41) is 9.67. The van der Waals surface area contributed by atoms with E-state index >= 15 is 0 Å². The van der Waals surface area contributed by atoms with Gasteiger partial charge in [0, 0.05) is 19.3 Å². The van der Waals surface area contributed by atoms with E-state index in [4.69, 9.17) is 16.3 Å². The molecule has 1 saturated heterocycles. The SMILES string of the molecule is N#C[C@@](c1cccc(C(F)(F)F)c1)(c1ncc(C(F)(F)F)cc1Cl)N1CCOCC1. The Morgan fingerprint density at radius 3 is 2.10 bits per heavy atom. The first-order valence-corrected chi connectivity index (χ1v) is 9.03. The summed E-state index contributed by atoms with van der Waals surface area (Å²) in [6.45, 7) is 0.646. The molecule has 160 valence electrons. The normalized spacial score (nSPS) is 17.9. The van der Waals surface area contributed by atoms with Crippen molar-refractivity contribution in [2.24, 2.45) is 0 Å². The van der Waals surface area contributed by atoms with Crippen LogP contribution in [0.3, 0.4) is 0 Å². The molecule has 30 heavy (non-hydrogen) atoms. The van der Waals surface area contributed by atoms with Crippen molar-refractivity contribution < 1.29 is 31.1 Å². The third-order valence-corrected chi connectivity index (χ3v) is 5.05. The molecule has 0 bridgehead atoms. The summed E-state index contributed by atoms with van der Waals surface area (Å²) < 4.78 is 84.2. The molecule has 4 nitrogen and oxygen atoms in total. The molecule has 0 aliphatic carbocycles. The van der Waals surface area contributed by atoms with E-state index in [1.807, 2.05) is 6.07 Å². The lowest BCUT2D eigenvalue weighted by Crippen LogP contribution is -2.52. The van der Waals surface area contributed by atoms with E-state index < -0.39 is 34.0 Å². The van der Waals surface area contributed by atoms with Gasteiger partial charge in [-0.1, -0.05) is 23.7 Å². The Morgan fingerprint density at radius 1 is 0.967 bits per heavy atom. The Bertz CT molecular complexity index is 966. The Balaban J connectivity index is 2.25. The summed E-state index contributed by atoms with van der Waals surface area (Å²) in [5.41, 5.74) is -4.45. The van der Waals surface area contributed by atoms with Crippen molar-refractivity contribution in [2.45, 2.75) is 17.9 Å². The molecular weight excluding hydrogens is 436 g/mol. The van der Waals surface area contributed by atoms with E-state index in [9.17, 15) is 31.6 Å². The standard InChI is InChI=1S/C19H14ClF6N3O/c20-15-9-14(19(24,25)26)10-28-16(15)17(11-27,29-4-6-30-7-5-29)12-2-1-3-13(8-12)18(21,22)23/h1-3,8-10H,4-7H2/t17-/m1/s1. The van der Waals surface area contributed by atoms with Gasteiger partial charge in [0.15, 0.2) is 5.54 Å². The van der Waals surface area contributed by atoms with Crippen LogP contribution in [0.15, 0.2) is 36.5 Å². The van der Waals surface area contributed by atoms with Gasteiger partial charge in [-0.2, -0.15) is 31.6 Å². The number of pyridine rings is 1. The number of halogens is 7. The molecule has 1 atom stereocenters. The molecule has 1 aromatic carbocycles. The van der Waals surface area contributed by atoms with Crippen molar-refractivity contribution in [3.63, 3.8) is 0 Å². The summed E-state index contributed by atoms with van der Waals surface area (Å²) in [5.74, 6) is 0. The van der Waals surface area contributed by atoms with Crippen molar-refractivity contribution in [1.82, 2.24) is 9.88 Å². The summed E-state index contributed by atoms with van der Waals surface area (Å²) in [6, 6.07) is 6.63. The Morgan fingerprint density at radius 2 is 1.57 bits per heavy atom. The molecule has 1 aliphatic heterocycles. The zero-order chi connectivity index (χ0) is 22.2. The van der Waals surface area contributed by atoms with Crippen molar-refractivity contribution >= 4 is 11.6 Å². The second kappa shape index (κ2) is 8.06. The fourth-order valence-electron chi connectivity index (χ4n) is 3.34. The van der Waals surface area contributed by atoms with Crippen molar-refractivity contribution in [3.05, 3.63) is 63.9 Å². The van der Waals surface area contributed by atoms with Crippen LogP contribution < -0.4 is 0 Å². The Kier molecular flexibility index (Phi) is 6.00. The maximum atomic E-state index is 13.3. The molecule has 0 N–H and O–H groups in total. The van der Waals surface area contributed by atoms with Crippen LogP contribution in [0, 0.1) is 11.3 Å². The monoisotopic (exact) mass is 449 g/mol. The average Bonchev–Trinajstić information content (AvgIpc) is 2.69.